The lowest BCUT2D eigenvalue weighted by Crippen LogP contribution is -1.95. The number of aromatic nitrogens is 1. The molecule has 0 aliphatic heterocycles. The molecule has 0 spiro atoms. The molecule has 0 unspecified atom stereocenters. The Kier molecular flexibility index (Phi) is 2.30. The van der Waals surface area contributed by atoms with Crippen LogP contribution < -0.4 is 5.73 Å². The molecule has 0 saturated carbocycles. The first-order chi connectivity index (χ1) is 6.70. The zero-order valence-electron chi connectivity index (χ0n) is 8.67. The van der Waals surface area contributed by atoms with Gasteiger partial charge in [-0.15, -0.1) is 0 Å². The molecule has 3 N–H and O–H groups in total. The van der Waals surface area contributed by atoms with Crippen molar-refractivity contribution in [3.05, 3.63) is 35.5 Å². The number of hydrogen-bond donors (Lipinski definition) is 2. The Balaban J connectivity index is 2.54. The van der Waals surface area contributed by atoms with Gasteiger partial charge in [-0.1, -0.05) is 26.0 Å². The van der Waals surface area contributed by atoms with E-state index in [9.17, 15) is 0 Å². The summed E-state index contributed by atoms with van der Waals surface area (Å²) in [6.45, 7) is 4.98. The smallest absolute Gasteiger partial charge is 0.0459 e. The summed E-state index contributed by atoms with van der Waals surface area (Å²) in [5.41, 5.74) is 9.23. The summed E-state index contributed by atoms with van der Waals surface area (Å²) in [5, 5.41) is 1.25. The van der Waals surface area contributed by atoms with Crippen LogP contribution in [0, 0.1) is 0 Å². The first-order valence-electron chi connectivity index (χ1n) is 5.02. The lowest BCUT2D eigenvalue weighted by molar-refractivity contribution is 0.868. The summed E-state index contributed by atoms with van der Waals surface area (Å²) in [5.74, 6) is 0.573. The number of nitrogens with one attached hydrogen (secondary N) is 1. The van der Waals surface area contributed by atoms with E-state index in [1.807, 2.05) is 0 Å². The number of H-pyrrole nitrogens is 1. The van der Waals surface area contributed by atoms with E-state index < -0.39 is 0 Å². The maximum absolute atomic E-state index is 5.58. The number of benzene rings is 1. The zero-order valence-corrected chi connectivity index (χ0v) is 8.67. The van der Waals surface area contributed by atoms with Crippen LogP contribution in [0.2, 0.25) is 0 Å². The second-order valence-corrected chi connectivity index (χ2v) is 4.00. The topological polar surface area (TPSA) is 41.8 Å². The van der Waals surface area contributed by atoms with E-state index in [1.165, 1.54) is 16.5 Å². The Morgan fingerprint density at radius 1 is 1.29 bits per heavy atom. The normalized spacial score (nSPS) is 11.4. The fourth-order valence-electron chi connectivity index (χ4n) is 1.67. The summed E-state index contributed by atoms with van der Waals surface area (Å²) < 4.78 is 0. The van der Waals surface area contributed by atoms with Crippen molar-refractivity contribution in [3.63, 3.8) is 0 Å². The number of fused-ring (bicyclic) bond motifs is 1. The van der Waals surface area contributed by atoms with Gasteiger partial charge in [0.1, 0.15) is 0 Å². The van der Waals surface area contributed by atoms with E-state index in [1.54, 1.807) is 0 Å². The minimum absolute atomic E-state index is 0.573. The number of aromatic amines is 1. The van der Waals surface area contributed by atoms with Gasteiger partial charge >= 0.3 is 0 Å². The first kappa shape index (κ1) is 9.28. The van der Waals surface area contributed by atoms with Crippen molar-refractivity contribution in [1.82, 2.24) is 4.98 Å². The molecule has 2 heteroatoms. The lowest BCUT2D eigenvalue weighted by atomic mass is 10.0. The number of nitrogens with two attached hydrogens (primary N) is 1. The van der Waals surface area contributed by atoms with Crippen LogP contribution >= 0.6 is 0 Å². The second-order valence-electron chi connectivity index (χ2n) is 4.00. The molecule has 0 atom stereocenters. The lowest BCUT2D eigenvalue weighted by Gasteiger charge is -2.03. The van der Waals surface area contributed by atoms with E-state index in [-0.39, 0.29) is 0 Å². The third-order valence-corrected chi connectivity index (χ3v) is 2.59. The summed E-state index contributed by atoms with van der Waals surface area (Å²) >= 11 is 0. The average Bonchev–Trinajstić information content (AvgIpc) is 2.58. The largest absolute Gasteiger partial charge is 0.357 e. The van der Waals surface area contributed by atoms with Gasteiger partial charge in [0, 0.05) is 17.8 Å². The maximum Gasteiger partial charge on any atom is 0.0459 e. The van der Waals surface area contributed by atoms with E-state index in [0.29, 0.717) is 12.5 Å². The van der Waals surface area contributed by atoms with Crippen LogP contribution in [0.4, 0.5) is 0 Å². The van der Waals surface area contributed by atoms with Gasteiger partial charge in [0.2, 0.25) is 0 Å². The summed E-state index contributed by atoms with van der Waals surface area (Å²) in [7, 11) is 0. The highest BCUT2D eigenvalue weighted by molar-refractivity contribution is 5.81. The van der Waals surface area contributed by atoms with Crippen molar-refractivity contribution in [2.75, 3.05) is 0 Å². The standard InChI is InChI=1S/C12H16N2/c1-8(2)9-3-4-10-5-11(7-13)14-12(10)6-9/h3-6,8,14H,7,13H2,1-2H3. The highest BCUT2D eigenvalue weighted by Crippen LogP contribution is 2.21. The summed E-state index contributed by atoms with van der Waals surface area (Å²) in [6.07, 6.45) is 0. The van der Waals surface area contributed by atoms with E-state index in [2.05, 4.69) is 43.1 Å². The molecule has 74 valence electrons. The Labute approximate surface area is 84.1 Å². The molecule has 1 aromatic carbocycles. The average molecular weight is 188 g/mol. The van der Waals surface area contributed by atoms with Gasteiger partial charge in [-0.25, -0.2) is 0 Å². The quantitative estimate of drug-likeness (QED) is 0.747. The van der Waals surface area contributed by atoms with Crippen molar-refractivity contribution < 1.29 is 0 Å². The van der Waals surface area contributed by atoms with E-state index in [0.717, 1.165) is 5.69 Å². The molecule has 0 radical (unpaired) electrons. The van der Waals surface area contributed by atoms with Gasteiger partial charge in [-0.2, -0.15) is 0 Å². The van der Waals surface area contributed by atoms with Crippen LogP contribution in [0.15, 0.2) is 24.3 Å². The molecular formula is C12H16N2. The van der Waals surface area contributed by atoms with Gasteiger partial charge in [-0.05, 0) is 29.0 Å². The van der Waals surface area contributed by atoms with Crippen LogP contribution in [0.1, 0.15) is 31.0 Å². The van der Waals surface area contributed by atoms with Crippen molar-refractivity contribution >= 4 is 10.9 Å². The van der Waals surface area contributed by atoms with Crippen molar-refractivity contribution in [2.45, 2.75) is 26.3 Å². The monoisotopic (exact) mass is 188 g/mol. The molecule has 0 bridgehead atoms. The highest BCUT2D eigenvalue weighted by atomic mass is 14.7. The zero-order chi connectivity index (χ0) is 10.1. The second kappa shape index (κ2) is 3.46. The Bertz CT molecular complexity index is 441. The number of rotatable bonds is 2. The minimum Gasteiger partial charge on any atom is -0.357 e. The molecule has 1 heterocycles. The van der Waals surface area contributed by atoms with Gasteiger partial charge in [0.25, 0.3) is 0 Å². The van der Waals surface area contributed by atoms with Crippen LogP contribution in [0.3, 0.4) is 0 Å². The predicted octanol–water partition coefficient (Wildman–Crippen LogP) is 2.75. The van der Waals surface area contributed by atoms with Crippen LogP contribution in [0.25, 0.3) is 10.9 Å². The summed E-state index contributed by atoms with van der Waals surface area (Å²) in [6, 6.07) is 8.65. The molecule has 1 aromatic heterocycles. The fraction of sp³-hybridized carbons (Fsp3) is 0.333. The van der Waals surface area contributed by atoms with Gasteiger partial charge < -0.3 is 10.7 Å². The molecule has 0 aliphatic carbocycles. The Morgan fingerprint density at radius 2 is 2.07 bits per heavy atom. The Hall–Kier alpha value is -1.28. The molecule has 2 aromatic rings. The maximum atomic E-state index is 5.58. The first-order valence-corrected chi connectivity index (χ1v) is 5.02. The molecule has 14 heavy (non-hydrogen) atoms. The summed E-state index contributed by atoms with van der Waals surface area (Å²) in [4.78, 5) is 3.32. The predicted molar refractivity (Wildman–Crippen MR) is 60.3 cm³/mol. The molecule has 0 amide bonds. The van der Waals surface area contributed by atoms with Crippen LogP contribution in [-0.2, 0) is 6.54 Å². The van der Waals surface area contributed by atoms with Crippen LogP contribution in [-0.4, -0.2) is 4.98 Å². The van der Waals surface area contributed by atoms with Gasteiger partial charge in [0.05, 0.1) is 0 Å². The fourth-order valence-corrected chi connectivity index (χ4v) is 1.67. The molecule has 2 rings (SSSR count). The van der Waals surface area contributed by atoms with Crippen molar-refractivity contribution in [1.29, 1.82) is 0 Å². The molecule has 2 nitrogen and oxygen atoms in total. The van der Waals surface area contributed by atoms with Crippen LogP contribution in [0.5, 0.6) is 0 Å². The third-order valence-electron chi connectivity index (χ3n) is 2.59. The van der Waals surface area contributed by atoms with Gasteiger partial charge in [-0.3, -0.25) is 0 Å². The van der Waals surface area contributed by atoms with E-state index >= 15 is 0 Å². The third kappa shape index (κ3) is 1.53. The van der Waals surface area contributed by atoms with Crippen molar-refractivity contribution in [2.24, 2.45) is 5.73 Å². The van der Waals surface area contributed by atoms with Gasteiger partial charge in [0.15, 0.2) is 0 Å². The molecular weight excluding hydrogens is 172 g/mol. The molecule has 0 saturated heterocycles. The Morgan fingerprint density at radius 3 is 2.71 bits per heavy atom. The molecule has 0 fully saturated rings. The highest BCUT2D eigenvalue weighted by Gasteiger charge is 2.02. The number of hydrogen-bond acceptors (Lipinski definition) is 1. The molecule has 0 aliphatic rings. The minimum atomic E-state index is 0.573. The SMILES string of the molecule is CC(C)c1ccc2cc(CN)[nH]c2c1. The van der Waals surface area contributed by atoms with Crippen molar-refractivity contribution in [3.8, 4) is 0 Å². The van der Waals surface area contributed by atoms with E-state index in [4.69, 9.17) is 5.73 Å².